The van der Waals surface area contributed by atoms with Gasteiger partial charge < -0.3 is 24.4 Å². The summed E-state index contributed by atoms with van der Waals surface area (Å²) in [4.78, 5) is 31.0. The van der Waals surface area contributed by atoms with Gasteiger partial charge in [0.2, 0.25) is 17.8 Å². The van der Waals surface area contributed by atoms with Gasteiger partial charge in [0.15, 0.2) is 0 Å². The lowest BCUT2D eigenvalue weighted by Gasteiger charge is -2.42. The lowest BCUT2D eigenvalue weighted by Crippen LogP contribution is -2.48. The molecule has 0 aromatic carbocycles. The van der Waals surface area contributed by atoms with Crippen molar-refractivity contribution in [2.45, 2.75) is 38.8 Å². The van der Waals surface area contributed by atoms with Gasteiger partial charge in [-0.25, -0.2) is 0 Å². The molecule has 2 aromatic heterocycles. The molecule has 2 aromatic rings. The number of aromatic nitrogens is 4. The zero-order chi connectivity index (χ0) is 20.7. The van der Waals surface area contributed by atoms with E-state index < -0.39 is 0 Å². The van der Waals surface area contributed by atoms with E-state index in [0.717, 1.165) is 50.8 Å². The number of pyridine rings is 1. The molecular weight excluding hydrogens is 382 g/mol. The van der Waals surface area contributed by atoms with Crippen LogP contribution in [0.15, 0.2) is 23.0 Å². The maximum absolute atomic E-state index is 12.3. The molecule has 9 heteroatoms. The average molecular weight is 412 g/mol. The number of piperidine rings is 1. The van der Waals surface area contributed by atoms with Crippen molar-refractivity contribution in [2.75, 3.05) is 54.5 Å². The minimum Gasteiger partial charge on any atom is -0.378 e. The third-order valence-corrected chi connectivity index (χ3v) is 6.09. The Kier molecular flexibility index (Phi) is 5.06. The van der Waals surface area contributed by atoms with Crippen LogP contribution in [0.4, 0.5) is 17.8 Å². The van der Waals surface area contributed by atoms with Crippen LogP contribution >= 0.6 is 0 Å². The van der Waals surface area contributed by atoms with Crippen molar-refractivity contribution in [3.05, 3.63) is 34.2 Å². The molecule has 0 amide bonds. The average Bonchev–Trinajstić information content (AvgIpc) is 2.74. The van der Waals surface area contributed by atoms with Crippen molar-refractivity contribution in [3.63, 3.8) is 0 Å². The minimum absolute atomic E-state index is 0.105. The molecule has 0 spiro atoms. The highest BCUT2D eigenvalue weighted by atomic mass is 16.5. The van der Waals surface area contributed by atoms with Crippen molar-refractivity contribution < 1.29 is 4.74 Å². The summed E-state index contributed by atoms with van der Waals surface area (Å²) >= 11 is 0. The lowest BCUT2D eigenvalue weighted by atomic mass is 9.83. The molecule has 0 radical (unpaired) electrons. The Morgan fingerprint density at radius 1 is 1.03 bits per heavy atom. The van der Waals surface area contributed by atoms with E-state index in [4.69, 9.17) is 14.7 Å². The van der Waals surface area contributed by atoms with Crippen molar-refractivity contribution in [1.29, 1.82) is 0 Å². The first-order chi connectivity index (χ1) is 14.6. The molecule has 2 bridgehead atoms. The standard InChI is InChI=1S/C21H29N7O2/c1-14(2)22-19-23-20(26-6-8-30-9-7-26)25-21(24-19)27-11-15-10-16(13-27)17-4-3-5-18(29)28(17)12-15/h3-5,14-16H,6-13H2,1-2H3,(H,22,23,24,25)/t15-,16+/m0/s1. The fraction of sp³-hybridized carbons (Fsp3) is 0.619. The summed E-state index contributed by atoms with van der Waals surface area (Å²) < 4.78 is 7.44. The number of hydrogen-bond donors (Lipinski definition) is 1. The molecule has 0 saturated carbocycles. The second-order valence-corrected chi connectivity index (χ2v) is 8.76. The number of hydrogen-bond acceptors (Lipinski definition) is 8. The molecule has 2 fully saturated rings. The van der Waals surface area contributed by atoms with E-state index in [9.17, 15) is 4.79 Å². The van der Waals surface area contributed by atoms with Gasteiger partial charge in [-0.3, -0.25) is 4.79 Å². The van der Waals surface area contributed by atoms with Gasteiger partial charge in [0.25, 0.3) is 5.56 Å². The zero-order valence-corrected chi connectivity index (χ0v) is 17.6. The van der Waals surface area contributed by atoms with Gasteiger partial charge >= 0.3 is 0 Å². The van der Waals surface area contributed by atoms with E-state index >= 15 is 0 Å². The summed E-state index contributed by atoms with van der Waals surface area (Å²) in [5.41, 5.74) is 1.24. The summed E-state index contributed by atoms with van der Waals surface area (Å²) in [6.07, 6.45) is 1.11. The number of anilines is 3. The summed E-state index contributed by atoms with van der Waals surface area (Å²) in [6.45, 7) is 9.54. The van der Waals surface area contributed by atoms with E-state index in [0.29, 0.717) is 36.9 Å². The zero-order valence-electron chi connectivity index (χ0n) is 17.6. The highest BCUT2D eigenvalue weighted by Gasteiger charge is 2.36. The van der Waals surface area contributed by atoms with E-state index in [2.05, 4.69) is 40.0 Å². The molecule has 3 aliphatic heterocycles. The van der Waals surface area contributed by atoms with Crippen LogP contribution in [-0.2, 0) is 11.3 Å². The maximum atomic E-state index is 12.3. The molecule has 0 unspecified atom stereocenters. The molecule has 3 aliphatic rings. The molecule has 5 rings (SSSR count). The highest BCUT2D eigenvalue weighted by molar-refractivity contribution is 5.46. The molecule has 30 heavy (non-hydrogen) atoms. The van der Waals surface area contributed by atoms with Crippen molar-refractivity contribution in [3.8, 4) is 0 Å². The number of rotatable bonds is 4. The predicted octanol–water partition coefficient (Wildman–Crippen LogP) is 1.31. The quantitative estimate of drug-likeness (QED) is 0.806. The summed E-state index contributed by atoms with van der Waals surface area (Å²) in [7, 11) is 0. The normalized spacial score (nSPS) is 23.4. The Bertz CT molecular complexity index is 970. The fourth-order valence-electron chi connectivity index (χ4n) is 4.78. The van der Waals surface area contributed by atoms with Gasteiger partial charge in [-0.05, 0) is 32.3 Å². The number of nitrogens with zero attached hydrogens (tertiary/aromatic N) is 6. The Morgan fingerprint density at radius 2 is 1.80 bits per heavy atom. The van der Waals surface area contributed by atoms with E-state index in [-0.39, 0.29) is 11.6 Å². The number of morpholine rings is 1. The van der Waals surface area contributed by atoms with Gasteiger partial charge in [0.05, 0.1) is 13.2 Å². The third kappa shape index (κ3) is 3.74. The van der Waals surface area contributed by atoms with Crippen LogP contribution in [0, 0.1) is 5.92 Å². The Morgan fingerprint density at radius 3 is 2.57 bits per heavy atom. The van der Waals surface area contributed by atoms with Crippen LogP contribution in [0.2, 0.25) is 0 Å². The lowest BCUT2D eigenvalue weighted by molar-refractivity contribution is 0.122. The van der Waals surface area contributed by atoms with E-state index in [1.807, 2.05) is 10.6 Å². The van der Waals surface area contributed by atoms with Crippen molar-refractivity contribution >= 4 is 17.8 Å². The molecule has 2 saturated heterocycles. The molecule has 160 valence electrons. The van der Waals surface area contributed by atoms with Gasteiger partial charge in [-0.1, -0.05) is 6.07 Å². The molecule has 0 aliphatic carbocycles. The first-order valence-electron chi connectivity index (χ1n) is 10.9. The monoisotopic (exact) mass is 411 g/mol. The van der Waals surface area contributed by atoms with E-state index in [1.54, 1.807) is 6.07 Å². The Hall–Kier alpha value is -2.68. The van der Waals surface area contributed by atoms with Crippen LogP contribution in [0.1, 0.15) is 31.9 Å². The molecule has 2 atom stereocenters. The van der Waals surface area contributed by atoms with Crippen LogP contribution in [0.5, 0.6) is 0 Å². The number of nitrogens with one attached hydrogen (secondary N) is 1. The summed E-state index contributed by atoms with van der Waals surface area (Å²) in [5.74, 6) is 2.77. The third-order valence-electron chi connectivity index (χ3n) is 6.09. The SMILES string of the molecule is CC(C)Nc1nc(N2CCOCC2)nc(N2C[C@@H]3C[C@H](C2)c2cccc(=O)n2C3)n1. The summed E-state index contributed by atoms with van der Waals surface area (Å²) in [5, 5.41) is 3.34. The van der Waals surface area contributed by atoms with Crippen LogP contribution in [-0.4, -0.2) is 65.0 Å². The molecule has 5 heterocycles. The van der Waals surface area contributed by atoms with Gasteiger partial charge in [0.1, 0.15) is 0 Å². The predicted molar refractivity (Wildman–Crippen MR) is 115 cm³/mol. The van der Waals surface area contributed by atoms with Crippen LogP contribution < -0.4 is 20.7 Å². The largest absolute Gasteiger partial charge is 0.378 e. The molecule has 1 N–H and O–H groups in total. The molecule has 9 nitrogen and oxygen atoms in total. The van der Waals surface area contributed by atoms with Crippen LogP contribution in [0.3, 0.4) is 0 Å². The highest BCUT2D eigenvalue weighted by Crippen LogP contribution is 2.36. The van der Waals surface area contributed by atoms with Crippen molar-refractivity contribution in [2.24, 2.45) is 5.92 Å². The van der Waals surface area contributed by atoms with E-state index in [1.165, 1.54) is 0 Å². The first-order valence-corrected chi connectivity index (χ1v) is 10.9. The minimum atomic E-state index is 0.105. The van der Waals surface area contributed by atoms with Gasteiger partial charge in [-0.2, -0.15) is 15.0 Å². The van der Waals surface area contributed by atoms with Gasteiger partial charge in [0, 0.05) is 56.4 Å². The number of ether oxygens (including phenoxy) is 1. The second kappa shape index (κ2) is 7.86. The topological polar surface area (TPSA) is 88.4 Å². The Labute approximate surface area is 176 Å². The Balaban J connectivity index is 1.47. The number of fused-ring (bicyclic) bond motifs is 4. The summed E-state index contributed by atoms with van der Waals surface area (Å²) in [6, 6.07) is 5.85. The molecular formula is C21H29N7O2. The van der Waals surface area contributed by atoms with Crippen LogP contribution in [0.25, 0.3) is 0 Å². The fourth-order valence-corrected chi connectivity index (χ4v) is 4.78. The smallest absolute Gasteiger partial charge is 0.250 e. The van der Waals surface area contributed by atoms with Crippen molar-refractivity contribution in [1.82, 2.24) is 19.5 Å². The second-order valence-electron chi connectivity index (χ2n) is 8.76. The maximum Gasteiger partial charge on any atom is 0.250 e. The first kappa shape index (κ1) is 19.3. The van der Waals surface area contributed by atoms with Gasteiger partial charge in [-0.15, -0.1) is 0 Å².